The minimum absolute atomic E-state index is 0.0520. The second-order valence-electron chi connectivity index (χ2n) is 8.24. The second-order valence-corrected chi connectivity index (χ2v) is 8.24. The van der Waals surface area contributed by atoms with Crippen molar-refractivity contribution >= 4 is 5.78 Å². The van der Waals surface area contributed by atoms with Gasteiger partial charge in [-0.15, -0.1) is 0 Å². The van der Waals surface area contributed by atoms with E-state index < -0.39 is 0 Å². The lowest BCUT2D eigenvalue weighted by atomic mass is 9.48. The van der Waals surface area contributed by atoms with Gasteiger partial charge in [-0.3, -0.25) is 4.79 Å². The summed E-state index contributed by atoms with van der Waals surface area (Å²) in [6.45, 7) is 10.1. The van der Waals surface area contributed by atoms with Gasteiger partial charge < -0.3 is 9.47 Å². The van der Waals surface area contributed by atoms with Gasteiger partial charge in [-0.25, -0.2) is 0 Å². The molecule has 2 saturated carbocycles. The number of Topliss-reactive ketones (excluding diaryl/α,β-unsaturated/α-hetero) is 1. The van der Waals surface area contributed by atoms with Gasteiger partial charge in [0.2, 0.25) is 0 Å². The fourth-order valence-electron chi connectivity index (χ4n) is 5.38. The van der Waals surface area contributed by atoms with Crippen molar-refractivity contribution in [1.82, 2.24) is 0 Å². The van der Waals surface area contributed by atoms with Crippen LogP contribution in [0.25, 0.3) is 0 Å². The molecule has 110 valence electrons. The van der Waals surface area contributed by atoms with E-state index in [1.54, 1.807) is 0 Å². The van der Waals surface area contributed by atoms with E-state index in [-0.39, 0.29) is 22.5 Å². The maximum Gasteiger partial charge on any atom is 0.172 e. The molecule has 0 aromatic heterocycles. The van der Waals surface area contributed by atoms with E-state index in [9.17, 15) is 4.79 Å². The van der Waals surface area contributed by atoms with Crippen LogP contribution in [0.1, 0.15) is 40.5 Å². The first-order valence-electron chi connectivity index (χ1n) is 7.84. The highest BCUT2D eigenvalue weighted by atomic mass is 16.7. The third-order valence-electron chi connectivity index (χ3n) is 6.17. The van der Waals surface area contributed by atoms with Gasteiger partial charge in [0.05, 0.1) is 13.2 Å². The van der Waals surface area contributed by atoms with Crippen molar-refractivity contribution in [3.8, 4) is 0 Å². The number of allylic oxidation sites excluding steroid dienone is 2. The minimum Gasteiger partial charge on any atom is -0.347 e. The third-order valence-corrected chi connectivity index (χ3v) is 6.17. The fraction of sp³-hybridized carbons (Fsp3) is 0.824. The zero-order chi connectivity index (χ0) is 14.3. The van der Waals surface area contributed by atoms with Crippen molar-refractivity contribution in [1.29, 1.82) is 0 Å². The average molecular weight is 276 g/mol. The van der Waals surface area contributed by atoms with E-state index in [2.05, 4.69) is 33.8 Å². The maximum absolute atomic E-state index is 12.8. The summed E-state index contributed by atoms with van der Waals surface area (Å²) in [5, 5.41) is 0. The summed E-state index contributed by atoms with van der Waals surface area (Å²) in [5.41, 5.74) is 1.05. The van der Waals surface area contributed by atoms with E-state index in [1.165, 1.54) is 0 Å². The minimum atomic E-state index is -0.389. The molecule has 1 heterocycles. The van der Waals surface area contributed by atoms with Crippen molar-refractivity contribution in [3.05, 3.63) is 11.6 Å². The highest BCUT2D eigenvalue weighted by Gasteiger charge is 2.74. The molecule has 1 aliphatic heterocycles. The number of hydrogen-bond donors (Lipinski definition) is 0. The molecule has 4 atom stereocenters. The molecule has 3 aliphatic carbocycles. The molecule has 3 fully saturated rings. The van der Waals surface area contributed by atoms with Gasteiger partial charge in [0.25, 0.3) is 0 Å². The van der Waals surface area contributed by atoms with E-state index in [0.29, 0.717) is 30.8 Å². The lowest BCUT2D eigenvalue weighted by Gasteiger charge is -2.56. The molecule has 3 nitrogen and oxygen atoms in total. The number of carbonyl (C=O) groups excluding carboxylic acids is 1. The van der Waals surface area contributed by atoms with Gasteiger partial charge in [-0.05, 0) is 28.7 Å². The standard InChI is InChI=1S/C17H24O3/c1-15(2,3)11-9-10-12(13(11)18)16(4)5-6-17(14(10)16)19-7-8-20-17/h9-10,12,14H,5-8H2,1-4H3/t10-,12-,14+,16-/m0/s1. The van der Waals surface area contributed by atoms with Crippen molar-refractivity contribution in [3.63, 3.8) is 0 Å². The zero-order valence-electron chi connectivity index (χ0n) is 12.9. The Labute approximate surface area is 120 Å². The predicted octanol–water partition coefficient (Wildman–Crippen LogP) is 2.95. The molecule has 0 bridgehead atoms. The topological polar surface area (TPSA) is 35.5 Å². The van der Waals surface area contributed by atoms with Crippen molar-refractivity contribution in [2.75, 3.05) is 13.2 Å². The predicted molar refractivity (Wildman–Crippen MR) is 75.0 cm³/mol. The molecule has 0 N–H and O–H groups in total. The Bertz CT molecular complexity index is 507. The van der Waals surface area contributed by atoms with E-state index >= 15 is 0 Å². The van der Waals surface area contributed by atoms with Crippen LogP contribution in [0.2, 0.25) is 0 Å². The molecule has 0 amide bonds. The summed E-state index contributed by atoms with van der Waals surface area (Å²) in [5.74, 6) is 0.874. The highest BCUT2D eigenvalue weighted by molar-refractivity contribution is 6.02. The monoisotopic (exact) mass is 276 g/mol. The van der Waals surface area contributed by atoms with Gasteiger partial charge in [-0.1, -0.05) is 33.8 Å². The van der Waals surface area contributed by atoms with Gasteiger partial charge in [0.1, 0.15) is 0 Å². The molecule has 3 heteroatoms. The molecule has 0 radical (unpaired) electrons. The van der Waals surface area contributed by atoms with Gasteiger partial charge in [0.15, 0.2) is 11.6 Å². The quantitative estimate of drug-likeness (QED) is 0.682. The number of carbonyl (C=O) groups is 1. The molecular formula is C17H24O3. The lowest BCUT2D eigenvalue weighted by molar-refractivity contribution is -0.241. The number of ether oxygens (including phenoxy) is 2. The van der Waals surface area contributed by atoms with Crippen LogP contribution in [0, 0.1) is 28.6 Å². The van der Waals surface area contributed by atoms with Crippen LogP contribution in [-0.4, -0.2) is 24.8 Å². The van der Waals surface area contributed by atoms with Crippen LogP contribution in [0.4, 0.5) is 0 Å². The third kappa shape index (κ3) is 1.31. The molecule has 0 aromatic rings. The van der Waals surface area contributed by atoms with E-state index in [0.717, 1.165) is 18.4 Å². The number of rotatable bonds is 0. The number of hydrogen-bond acceptors (Lipinski definition) is 3. The zero-order valence-corrected chi connectivity index (χ0v) is 12.9. The van der Waals surface area contributed by atoms with Gasteiger partial charge >= 0.3 is 0 Å². The van der Waals surface area contributed by atoms with Crippen LogP contribution in [0.15, 0.2) is 11.6 Å². The summed E-state index contributed by atoms with van der Waals surface area (Å²) in [6.07, 6.45) is 4.25. The largest absolute Gasteiger partial charge is 0.347 e. The highest BCUT2D eigenvalue weighted by Crippen LogP contribution is 2.72. The van der Waals surface area contributed by atoms with Crippen molar-refractivity contribution in [2.24, 2.45) is 28.6 Å². The van der Waals surface area contributed by atoms with Crippen LogP contribution in [0.3, 0.4) is 0 Å². The van der Waals surface area contributed by atoms with Crippen LogP contribution < -0.4 is 0 Å². The van der Waals surface area contributed by atoms with E-state index in [1.807, 2.05) is 0 Å². The number of fused-ring (bicyclic) bond motifs is 5. The Morgan fingerprint density at radius 2 is 1.85 bits per heavy atom. The van der Waals surface area contributed by atoms with Crippen LogP contribution in [0.5, 0.6) is 0 Å². The Kier molecular flexibility index (Phi) is 2.32. The first-order chi connectivity index (χ1) is 9.30. The molecule has 1 spiro atoms. The van der Waals surface area contributed by atoms with Gasteiger partial charge in [-0.2, -0.15) is 0 Å². The molecule has 0 aromatic carbocycles. The fourth-order valence-corrected chi connectivity index (χ4v) is 5.38. The maximum atomic E-state index is 12.8. The second kappa shape index (κ2) is 3.56. The summed E-state index contributed by atoms with van der Waals surface area (Å²) >= 11 is 0. The summed E-state index contributed by atoms with van der Waals surface area (Å²) in [4.78, 5) is 12.8. The smallest absolute Gasteiger partial charge is 0.172 e. The molecule has 4 rings (SSSR count). The summed E-state index contributed by atoms with van der Waals surface area (Å²) in [6, 6.07) is 0. The Hall–Kier alpha value is -0.670. The Morgan fingerprint density at radius 1 is 1.20 bits per heavy atom. The molecule has 20 heavy (non-hydrogen) atoms. The first kappa shape index (κ1) is 13.0. The first-order valence-corrected chi connectivity index (χ1v) is 7.84. The molecule has 0 unspecified atom stereocenters. The number of ketones is 1. The Balaban J connectivity index is 1.73. The normalized spacial score (nSPS) is 45.3. The van der Waals surface area contributed by atoms with E-state index in [4.69, 9.17) is 9.47 Å². The average Bonchev–Trinajstić information content (AvgIpc) is 2.95. The lowest BCUT2D eigenvalue weighted by Crippen LogP contribution is -2.59. The molecule has 4 aliphatic rings. The van der Waals surface area contributed by atoms with Gasteiger partial charge in [0, 0.05) is 18.3 Å². The molecule has 1 saturated heterocycles. The molecular weight excluding hydrogens is 252 g/mol. The van der Waals surface area contributed by atoms with Crippen LogP contribution in [-0.2, 0) is 14.3 Å². The summed E-state index contributed by atoms with van der Waals surface area (Å²) < 4.78 is 12.0. The van der Waals surface area contributed by atoms with Crippen LogP contribution >= 0.6 is 0 Å². The summed E-state index contributed by atoms with van der Waals surface area (Å²) in [7, 11) is 0. The van der Waals surface area contributed by atoms with Crippen molar-refractivity contribution in [2.45, 2.75) is 46.3 Å². The van der Waals surface area contributed by atoms with Crippen molar-refractivity contribution < 1.29 is 14.3 Å². The Morgan fingerprint density at radius 3 is 2.45 bits per heavy atom. The SMILES string of the molecule is CC(C)(C)C1=C[C@H]2[C@@H](C1=O)[C@]1(C)CCC3(OCCO3)[C@H]21.